The van der Waals surface area contributed by atoms with Crippen molar-refractivity contribution in [1.29, 1.82) is 0 Å². The van der Waals surface area contributed by atoms with Crippen molar-refractivity contribution in [3.05, 3.63) is 34.1 Å². The first kappa shape index (κ1) is 14.7. The van der Waals surface area contributed by atoms with Crippen LogP contribution in [0.2, 0.25) is 0 Å². The van der Waals surface area contributed by atoms with E-state index in [0.29, 0.717) is 12.2 Å². The Bertz CT molecular complexity index is 478. The van der Waals surface area contributed by atoms with Crippen molar-refractivity contribution in [2.24, 2.45) is 0 Å². The summed E-state index contributed by atoms with van der Waals surface area (Å²) < 4.78 is 13.2. The molecule has 7 heteroatoms. The van der Waals surface area contributed by atoms with Crippen molar-refractivity contribution < 1.29 is 14.4 Å². The van der Waals surface area contributed by atoms with Gasteiger partial charge in [-0.1, -0.05) is 0 Å². The number of aliphatic hydroxyl groups excluding tert-OH is 1. The highest BCUT2D eigenvalue weighted by molar-refractivity contribution is 5.63. The van der Waals surface area contributed by atoms with Crippen molar-refractivity contribution in [1.82, 2.24) is 5.32 Å². The number of nitro benzene ring substituents is 1. The second-order valence-electron chi connectivity index (χ2n) is 4.85. The van der Waals surface area contributed by atoms with E-state index < -0.39 is 10.7 Å². The maximum absolute atomic E-state index is 13.2. The van der Waals surface area contributed by atoms with Crippen LogP contribution in [0.5, 0.6) is 0 Å². The van der Waals surface area contributed by atoms with Crippen molar-refractivity contribution in [3.8, 4) is 0 Å². The molecule has 0 amide bonds. The van der Waals surface area contributed by atoms with Gasteiger partial charge in [0.1, 0.15) is 11.5 Å². The van der Waals surface area contributed by atoms with E-state index in [-0.39, 0.29) is 24.9 Å². The number of anilines is 1. The summed E-state index contributed by atoms with van der Waals surface area (Å²) >= 11 is 0. The van der Waals surface area contributed by atoms with E-state index in [2.05, 4.69) is 5.32 Å². The van der Waals surface area contributed by atoms with Gasteiger partial charge in [-0.05, 0) is 31.5 Å². The zero-order valence-electron chi connectivity index (χ0n) is 11.1. The van der Waals surface area contributed by atoms with Crippen LogP contribution in [-0.2, 0) is 0 Å². The van der Waals surface area contributed by atoms with Crippen LogP contribution in [0, 0.1) is 15.9 Å². The molecule has 1 atom stereocenters. The van der Waals surface area contributed by atoms with Gasteiger partial charge in [-0.15, -0.1) is 0 Å². The van der Waals surface area contributed by atoms with Gasteiger partial charge >= 0.3 is 0 Å². The topological polar surface area (TPSA) is 78.6 Å². The summed E-state index contributed by atoms with van der Waals surface area (Å²) in [6, 6.07) is 3.76. The highest BCUT2D eigenvalue weighted by Crippen LogP contribution is 2.29. The molecule has 2 N–H and O–H groups in total. The van der Waals surface area contributed by atoms with E-state index >= 15 is 0 Å². The number of benzene rings is 1. The number of hydrogen-bond acceptors (Lipinski definition) is 5. The molecule has 1 unspecified atom stereocenters. The quantitative estimate of drug-likeness (QED) is 0.607. The van der Waals surface area contributed by atoms with Crippen LogP contribution in [0.4, 0.5) is 15.8 Å². The summed E-state index contributed by atoms with van der Waals surface area (Å²) in [7, 11) is 0. The third-order valence-corrected chi connectivity index (χ3v) is 3.45. The van der Waals surface area contributed by atoms with E-state index in [0.717, 1.165) is 25.5 Å². The Labute approximate surface area is 116 Å². The Morgan fingerprint density at radius 2 is 2.35 bits per heavy atom. The fourth-order valence-electron chi connectivity index (χ4n) is 2.52. The first-order chi connectivity index (χ1) is 9.61. The fourth-order valence-corrected chi connectivity index (χ4v) is 2.52. The highest BCUT2D eigenvalue weighted by atomic mass is 19.1. The van der Waals surface area contributed by atoms with Gasteiger partial charge in [0.05, 0.1) is 17.6 Å². The monoisotopic (exact) mass is 283 g/mol. The molecular formula is C13H18FN3O3. The molecule has 0 spiro atoms. The Hall–Kier alpha value is -1.73. The molecule has 6 nitrogen and oxygen atoms in total. The maximum atomic E-state index is 13.2. The lowest BCUT2D eigenvalue weighted by molar-refractivity contribution is -0.384. The smallest absolute Gasteiger partial charge is 0.295 e. The van der Waals surface area contributed by atoms with Crippen LogP contribution < -0.4 is 10.2 Å². The van der Waals surface area contributed by atoms with Crippen molar-refractivity contribution in [3.63, 3.8) is 0 Å². The van der Waals surface area contributed by atoms with Crippen LogP contribution in [0.1, 0.15) is 12.8 Å². The van der Waals surface area contributed by atoms with Crippen molar-refractivity contribution >= 4 is 11.4 Å². The highest BCUT2D eigenvalue weighted by Gasteiger charge is 2.24. The molecule has 20 heavy (non-hydrogen) atoms. The van der Waals surface area contributed by atoms with Crippen LogP contribution >= 0.6 is 0 Å². The lowest BCUT2D eigenvalue weighted by Gasteiger charge is -2.26. The summed E-state index contributed by atoms with van der Waals surface area (Å²) in [5, 5.41) is 23.5. The SMILES string of the molecule is O=[N+]([O-])c1cc(F)ccc1N(CCO)CC1CCCN1. The first-order valence-corrected chi connectivity index (χ1v) is 6.65. The average Bonchev–Trinajstić information content (AvgIpc) is 2.91. The van der Waals surface area contributed by atoms with Crippen molar-refractivity contribution in [2.45, 2.75) is 18.9 Å². The molecule has 1 heterocycles. The molecule has 110 valence electrons. The third-order valence-electron chi connectivity index (χ3n) is 3.45. The van der Waals surface area contributed by atoms with Gasteiger partial charge in [-0.25, -0.2) is 4.39 Å². The summed E-state index contributed by atoms with van der Waals surface area (Å²) in [6.45, 7) is 1.67. The predicted octanol–water partition coefficient (Wildman–Crippen LogP) is 1.28. The molecule has 1 aliphatic heterocycles. The zero-order valence-corrected chi connectivity index (χ0v) is 11.1. The predicted molar refractivity (Wildman–Crippen MR) is 73.4 cm³/mol. The third kappa shape index (κ3) is 3.43. The molecule has 0 radical (unpaired) electrons. The molecule has 1 aromatic carbocycles. The summed E-state index contributed by atoms with van der Waals surface area (Å²) in [4.78, 5) is 12.2. The Morgan fingerprint density at radius 1 is 1.55 bits per heavy atom. The summed E-state index contributed by atoms with van der Waals surface area (Å²) in [6.07, 6.45) is 2.07. The lowest BCUT2D eigenvalue weighted by atomic mass is 10.1. The lowest BCUT2D eigenvalue weighted by Crippen LogP contribution is -2.39. The minimum absolute atomic E-state index is 0.110. The Morgan fingerprint density at radius 3 is 2.95 bits per heavy atom. The Balaban J connectivity index is 2.25. The number of aliphatic hydroxyl groups is 1. The van der Waals surface area contributed by atoms with Gasteiger partial charge in [-0.2, -0.15) is 0 Å². The zero-order chi connectivity index (χ0) is 14.5. The minimum atomic E-state index is -0.636. The fraction of sp³-hybridized carbons (Fsp3) is 0.538. The largest absolute Gasteiger partial charge is 0.395 e. The molecule has 0 bridgehead atoms. The molecule has 0 aliphatic carbocycles. The van der Waals surface area contributed by atoms with Gasteiger partial charge < -0.3 is 15.3 Å². The number of nitro groups is 1. The average molecular weight is 283 g/mol. The van der Waals surface area contributed by atoms with Gasteiger partial charge in [0, 0.05) is 19.1 Å². The normalized spacial score (nSPS) is 18.2. The van der Waals surface area contributed by atoms with Gasteiger partial charge in [-0.3, -0.25) is 10.1 Å². The number of nitrogens with one attached hydrogen (secondary N) is 1. The summed E-state index contributed by atoms with van der Waals surface area (Å²) in [5.74, 6) is -0.636. The number of halogens is 1. The van der Waals surface area contributed by atoms with Gasteiger partial charge in [0.25, 0.3) is 5.69 Å². The molecule has 1 aliphatic rings. The molecule has 0 aromatic heterocycles. The Kier molecular flexibility index (Phi) is 4.86. The second kappa shape index (κ2) is 6.62. The van der Waals surface area contributed by atoms with Gasteiger partial charge in [0.15, 0.2) is 0 Å². The van der Waals surface area contributed by atoms with E-state index in [4.69, 9.17) is 5.11 Å². The van der Waals surface area contributed by atoms with E-state index in [9.17, 15) is 14.5 Å². The standard InChI is InChI=1S/C13H18FN3O3/c14-10-3-4-12(13(8-10)17(19)20)16(6-7-18)9-11-2-1-5-15-11/h3-4,8,11,15,18H,1-2,5-7,9H2. The minimum Gasteiger partial charge on any atom is -0.395 e. The second-order valence-corrected chi connectivity index (χ2v) is 4.85. The van der Waals surface area contributed by atoms with Gasteiger partial charge in [0.2, 0.25) is 0 Å². The van der Waals surface area contributed by atoms with E-state index in [1.165, 1.54) is 12.1 Å². The van der Waals surface area contributed by atoms with Crippen LogP contribution in [0.25, 0.3) is 0 Å². The van der Waals surface area contributed by atoms with E-state index in [1.807, 2.05) is 0 Å². The van der Waals surface area contributed by atoms with Crippen molar-refractivity contribution in [2.75, 3.05) is 31.1 Å². The van der Waals surface area contributed by atoms with E-state index in [1.54, 1.807) is 4.90 Å². The van der Waals surface area contributed by atoms with Crippen LogP contribution in [-0.4, -0.2) is 42.3 Å². The van der Waals surface area contributed by atoms with Crippen LogP contribution in [0.15, 0.2) is 18.2 Å². The van der Waals surface area contributed by atoms with Crippen LogP contribution in [0.3, 0.4) is 0 Å². The molecule has 0 saturated carbocycles. The molecular weight excluding hydrogens is 265 g/mol. The number of nitrogens with zero attached hydrogens (tertiary/aromatic N) is 2. The molecule has 2 rings (SSSR count). The molecule has 1 fully saturated rings. The summed E-state index contributed by atoms with van der Waals surface area (Å²) in [5.41, 5.74) is 0.0793. The molecule has 1 saturated heterocycles. The first-order valence-electron chi connectivity index (χ1n) is 6.65. The molecule has 1 aromatic rings. The number of hydrogen-bond donors (Lipinski definition) is 2. The maximum Gasteiger partial charge on any atom is 0.295 e. The number of rotatable bonds is 6.